The van der Waals surface area contributed by atoms with Gasteiger partial charge in [-0.1, -0.05) is 37.3 Å². The van der Waals surface area contributed by atoms with Crippen LogP contribution in [-0.2, 0) is 6.42 Å². The van der Waals surface area contributed by atoms with E-state index in [0.717, 1.165) is 36.9 Å². The summed E-state index contributed by atoms with van der Waals surface area (Å²) in [5.41, 5.74) is 3.52. The molecule has 3 aromatic rings. The van der Waals surface area contributed by atoms with Gasteiger partial charge in [-0.05, 0) is 41.8 Å². The van der Waals surface area contributed by atoms with Gasteiger partial charge in [-0.3, -0.25) is 4.99 Å². The molecule has 0 bridgehead atoms. The monoisotopic (exact) mass is 391 g/mol. The summed E-state index contributed by atoms with van der Waals surface area (Å²) in [6, 6.07) is 18.5. The highest BCUT2D eigenvalue weighted by molar-refractivity contribution is 5.79. The Morgan fingerprint density at radius 1 is 1.10 bits per heavy atom. The van der Waals surface area contributed by atoms with Crippen molar-refractivity contribution in [1.82, 2.24) is 20.4 Å². The molecule has 0 aliphatic heterocycles. The van der Waals surface area contributed by atoms with Crippen molar-refractivity contribution in [3.05, 3.63) is 78.1 Å². The third-order valence-electron chi connectivity index (χ3n) is 4.88. The van der Waals surface area contributed by atoms with Gasteiger partial charge in [0.2, 0.25) is 0 Å². The van der Waals surface area contributed by atoms with Crippen molar-refractivity contribution in [2.75, 3.05) is 27.2 Å². The number of ether oxygens (including phenoxy) is 1. The number of nitrogens with zero attached hydrogens (tertiary/aromatic N) is 3. The minimum absolute atomic E-state index is 0.305. The summed E-state index contributed by atoms with van der Waals surface area (Å²) in [5, 5.41) is 11.0. The maximum Gasteiger partial charge on any atom is 0.191 e. The summed E-state index contributed by atoms with van der Waals surface area (Å²) in [4.78, 5) is 4.33. The predicted octanol–water partition coefficient (Wildman–Crippen LogP) is 3.39. The second-order valence-corrected chi connectivity index (χ2v) is 6.89. The normalized spacial score (nSPS) is 12.4. The minimum atomic E-state index is 0.305. The van der Waals surface area contributed by atoms with E-state index in [9.17, 15) is 0 Å². The first-order chi connectivity index (χ1) is 14.2. The van der Waals surface area contributed by atoms with E-state index in [0.29, 0.717) is 5.92 Å². The molecule has 1 atom stereocenters. The first-order valence-electron chi connectivity index (χ1n) is 9.87. The molecule has 0 saturated carbocycles. The van der Waals surface area contributed by atoms with Crippen molar-refractivity contribution < 1.29 is 4.74 Å². The summed E-state index contributed by atoms with van der Waals surface area (Å²) < 4.78 is 7.32. The first kappa shape index (κ1) is 20.5. The lowest BCUT2D eigenvalue weighted by molar-refractivity contribution is 0.406. The largest absolute Gasteiger partial charge is 0.496 e. The molecule has 2 N–H and O–H groups in total. The molecule has 29 heavy (non-hydrogen) atoms. The molecule has 0 saturated heterocycles. The maximum absolute atomic E-state index is 5.47. The van der Waals surface area contributed by atoms with E-state index in [4.69, 9.17) is 4.74 Å². The molecule has 1 unspecified atom stereocenters. The van der Waals surface area contributed by atoms with Crippen LogP contribution in [0.5, 0.6) is 5.75 Å². The number of rotatable bonds is 8. The van der Waals surface area contributed by atoms with Gasteiger partial charge in [-0.15, -0.1) is 0 Å². The molecule has 0 aliphatic carbocycles. The minimum Gasteiger partial charge on any atom is -0.496 e. The Morgan fingerprint density at radius 2 is 1.90 bits per heavy atom. The van der Waals surface area contributed by atoms with Crippen molar-refractivity contribution >= 4 is 5.96 Å². The molecule has 1 aromatic heterocycles. The van der Waals surface area contributed by atoms with Crippen LogP contribution in [0.1, 0.15) is 24.0 Å². The highest BCUT2D eigenvalue weighted by atomic mass is 16.5. The Balaban J connectivity index is 1.46. The lowest BCUT2D eigenvalue weighted by Gasteiger charge is -2.18. The van der Waals surface area contributed by atoms with Gasteiger partial charge in [-0.25, -0.2) is 4.68 Å². The van der Waals surface area contributed by atoms with Crippen molar-refractivity contribution in [2.24, 2.45) is 4.99 Å². The van der Waals surface area contributed by atoms with Crippen molar-refractivity contribution in [3.8, 4) is 11.4 Å². The highest BCUT2D eigenvalue weighted by Gasteiger charge is 2.11. The van der Waals surface area contributed by atoms with Crippen LogP contribution in [0.4, 0.5) is 0 Å². The van der Waals surface area contributed by atoms with Crippen molar-refractivity contribution in [3.63, 3.8) is 0 Å². The molecule has 0 fully saturated rings. The van der Waals surface area contributed by atoms with Crippen LogP contribution in [0.2, 0.25) is 0 Å². The summed E-state index contributed by atoms with van der Waals surface area (Å²) in [7, 11) is 3.50. The molecular weight excluding hydrogens is 362 g/mol. The molecule has 0 aliphatic rings. The van der Waals surface area contributed by atoms with E-state index in [-0.39, 0.29) is 0 Å². The number of benzene rings is 2. The average Bonchev–Trinajstić information content (AvgIpc) is 3.31. The van der Waals surface area contributed by atoms with Gasteiger partial charge in [0, 0.05) is 38.4 Å². The SMILES string of the molecule is CN=C(NCCc1ccc(-n2cccn2)cc1)NCC(C)c1ccccc1OC. The van der Waals surface area contributed by atoms with Gasteiger partial charge in [0.1, 0.15) is 5.75 Å². The average molecular weight is 392 g/mol. The standard InChI is InChI=1S/C23H29N5O/c1-18(21-7-4-5-8-22(21)29-3)17-26-23(24-2)25-15-13-19-9-11-20(12-10-19)28-16-6-14-27-28/h4-12,14,16,18H,13,15,17H2,1-3H3,(H2,24,25,26). The highest BCUT2D eigenvalue weighted by Crippen LogP contribution is 2.25. The number of hydrogen-bond donors (Lipinski definition) is 2. The van der Waals surface area contributed by atoms with Crippen LogP contribution in [0, 0.1) is 0 Å². The van der Waals surface area contributed by atoms with Gasteiger partial charge >= 0.3 is 0 Å². The zero-order valence-electron chi connectivity index (χ0n) is 17.3. The third-order valence-corrected chi connectivity index (χ3v) is 4.88. The summed E-state index contributed by atoms with van der Waals surface area (Å²) >= 11 is 0. The molecule has 6 nitrogen and oxygen atoms in total. The fourth-order valence-electron chi connectivity index (χ4n) is 3.22. The van der Waals surface area contributed by atoms with Gasteiger partial charge in [-0.2, -0.15) is 5.10 Å². The number of nitrogens with one attached hydrogen (secondary N) is 2. The molecule has 0 spiro atoms. The Kier molecular flexibility index (Phi) is 7.28. The number of aliphatic imine (C=N–C) groups is 1. The second kappa shape index (κ2) is 10.3. The van der Waals surface area contributed by atoms with E-state index >= 15 is 0 Å². The van der Waals surface area contributed by atoms with Crippen LogP contribution in [0.3, 0.4) is 0 Å². The van der Waals surface area contributed by atoms with E-state index in [1.165, 1.54) is 11.1 Å². The van der Waals surface area contributed by atoms with Crippen LogP contribution < -0.4 is 15.4 Å². The van der Waals surface area contributed by atoms with E-state index in [1.54, 1.807) is 20.4 Å². The van der Waals surface area contributed by atoms with E-state index in [1.807, 2.05) is 35.1 Å². The van der Waals surface area contributed by atoms with Gasteiger partial charge in [0.15, 0.2) is 5.96 Å². The smallest absolute Gasteiger partial charge is 0.191 e. The van der Waals surface area contributed by atoms with Gasteiger partial charge in [0.05, 0.1) is 12.8 Å². The fraction of sp³-hybridized carbons (Fsp3) is 0.304. The number of methoxy groups -OCH3 is 1. The van der Waals surface area contributed by atoms with Gasteiger partial charge in [0.25, 0.3) is 0 Å². The van der Waals surface area contributed by atoms with Crippen LogP contribution in [0.25, 0.3) is 5.69 Å². The van der Waals surface area contributed by atoms with Crippen LogP contribution in [0.15, 0.2) is 72.0 Å². The molecule has 1 heterocycles. The van der Waals surface area contributed by atoms with Crippen LogP contribution in [-0.4, -0.2) is 43.0 Å². The van der Waals surface area contributed by atoms with E-state index in [2.05, 4.69) is 58.0 Å². The molecule has 2 aromatic carbocycles. The Labute approximate surface area is 172 Å². The van der Waals surface area contributed by atoms with Gasteiger partial charge < -0.3 is 15.4 Å². The third kappa shape index (κ3) is 5.60. The molecule has 0 radical (unpaired) electrons. The lowest BCUT2D eigenvalue weighted by atomic mass is 10.0. The quantitative estimate of drug-likeness (QED) is 0.456. The number of para-hydroxylation sites is 1. The molecule has 3 rings (SSSR count). The Morgan fingerprint density at radius 3 is 2.59 bits per heavy atom. The zero-order chi connectivity index (χ0) is 20.5. The van der Waals surface area contributed by atoms with Crippen molar-refractivity contribution in [1.29, 1.82) is 0 Å². The van der Waals surface area contributed by atoms with Crippen LogP contribution >= 0.6 is 0 Å². The summed E-state index contributed by atoms with van der Waals surface area (Å²) in [5.74, 6) is 2.03. The summed E-state index contributed by atoms with van der Waals surface area (Å²) in [6.07, 6.45) is 4.64. The Hall–Kier alpha value is -3.28. The molecule has 0 amide bonds. The van der Waals surface area contributed by atoms with Crippen molar-refractivity contribution in [2.45, 2.75) is 19.3 Å². The Bertz CT molecular complexity index is 903. The second-order valence-electron chi connectivity index (χ2n) is 6.89. The number of hydrogen-bond acceptors (Lipinski definition) is 3. The first-order valence-corrected chi connectivity index (χ1v) is 9.87. The summed E-state index contributed by atoms with van der Waals surface area (Å²) in [6.45, 7) is 3.77. The number of guanidine groups is 1. The fourth-order valence-corrected chi connectivity index (χ4v) is 3.22. The molecule has 152 valence electrons. The topological polar surface area (TPSA) is 63.5 Å². The zero-order valence-corrected chi connectivity index (χ0v) is 17.3. The molecule has 6 heteroatoms. The predicted molar refractivity (Wildman–Crippen MR) is 118 cm³/mol. The van der Waals surface area contributed by atoms with E-state index < -0.39 is 0 Å². The molecular formula is C23H29N5O. The maximum atomic E-state index is 5.47. The number of aromatic nitrogens is 2. The lowest BCUT2D eigenvalue weighted by Crippen LogP contribution is -2.39.